The maximum atomic E-state index is 11.2. The molecule has 1 unspecified atom stereocenters. The van der Waals surface area contributed by atoms with Crippen LogP contribution in [-0.2, 0) is 6.54 Å². The first-order chi connectivity index (χ1) is 8.58. The van der Waals surface area contributed by atoms with Crippen molar-refractivity contribution in [2.45, 2.75) is 19.5 Å². The molecule has 0 radical (unpaired) electrons. The van der Waals surface area contributed by atoms with E-state index in [-0.39, 0.29) is 5.69 Å². The minimum atomic E-state index is -0.426. The van der Waals surface area contributed by atoms with E-state index < -0.39 is 5.91 Å². The number of thioether (sulfide) groups is 1. The smallest absolute Gasteiger partial charge is 0.287 e. The van der Waals surface area contributed by atoms with Crippen molar-refractivity contribution in [3.05, 3.63) is 11.9 Å². The lowest BCUT2D eigenvalue weighted by atomic mass is 10.3. The number of nitrogens with two attached hydrogens (primary N) is 1. The first-order valence-corrected chi connectivity index (χ1v) is 7.08. The van der Waals surface area contributed by atoms with Gasteiger partial charge in [0.25, 0.3) is 5.91 Å². The second-order valence-electron chi connectivity index (χ2n) is 4.13. The monoisotopic (exact) mass is 272 g/mol. The summed E-state index contributed by atoms with van der Waals surface area (Å²) in [6.07, 6.45) is 3.69. The Labute approximate surface area is 111 Å². The summed E-state index contributed by atoms with van der Waals surface area (Å²) in [5.41, 5.74) is 2.26. The van der Waals surface area contributed by atoms with Crippen molar-refractivity contribution in [2.75, 3.05) is 25.6 Å². The molecular weight excluding hydrogens is 252 g/mol. The van der Waals surface area contributed by atoms with E-state index >= 15 is 0 Å². The first-order valence-electron chi connectivity index (χ1n) is 5.68. The summed E-state index contributed by atoms with van der Waals surface area (Å²) in [7, 11) is 2.07. The number of amides is 1. The van der Waals surface area contributed by atoms with Gasteiger partial charge in [0.05, 0.1) is 12.7 Å². The zero-order chi connectivity index (χ0) is 13.5. The molecule has 0 aliphatic rings. The standard InChI is InChI=1S/C10H20N6OS/c1-8(7-18-3)15(2)4-5-16-6-9(13-14-16)10(17)12-11/h6,8H,4-5,7,11H2,1-3H3,(H,12,17). The fourth-order valence-electron chi connectivity index (χ4n) is 1.43. The molecule has 0 aliphatic carbocycles. The number of carbonyl (C=O) groups excluding carboxylic acids is 1. The highest BCUT2D eigenvalue weighted by molar-refractivity contribution is 7.98. The van der Waals surface area contributed by atoms with Crippen LogP contribution in [0.15, 0.2) is 6.20 Å². The van der Waals surface area contributed by atoms with Crippen molar-refractivity contribution in [1.29, 1.82) is 0 Å². The third-order valence-corrected chi connectivity index (χ3v) is 3.56. The molecule has 1 rings (SSSR count). The minimum absolute atomic E-state index is 0.234. The molecule has 3 N–H and O–H groups in total. The Bertz CT molecular complexity index is 382. The highest BCUT2D eigenvalue weighted by atomic mass is 32.2. The Kier molecular flexibility index (Phi) is 6.10. The van der Waals surface area contributed by atoms with Crippen LogP contribution in [0.4, 0.5) is 0 Å². The van der Waals surface area contributed by atoms with Crippen molar-refractivity contribution in [3.63, 3.8) is 0 Å². The highest BCUT2D eigenvalue weighted by Gasteiger charge is 2.11. The Balaban J connectivity index is 2.44. The first kappa shape index (κ1) is 14.9. The van der Waals surface area contributed by atoms with Crippen LogP contribution in [0, 0.1) is 0 Å². The van der Waals surface area contributed by atoms with E-state index in [0.29, 0.717) is 12.6 Å². The summed E-state index contributed by atoms with van der Waals surface area (Å²) in [6, 6.07) is 0.510. The van der Waals surface area contributed by atoms with E-state index in [9.17, 15) is 4.79 Å². The third kappa shape index (κ3) is 4.28. The summed E-state index contributed by atoms with van der Waals surface area (Å²) in [4.78, 5) is 13.4. The Morgan fingerprint density at radius 1 is 1.72 bits per heavy atom. The highest BCUT2D eigenvalue weighted by Crippen LogP contribution is 2.03. The second kappa shape index (κ2) is 7.34. The summed E-state index contributed by atoms with van der Waals surface area (Å²) in [5.74, 6) is 5.69. The Hall–Kier alpha value is -1.12. The van der Waals surface area contributed by atoms with Crippen molar-refractivity contribution < 1.29 is 4.79 Å². The van der Waals surface area contributed by atoms with E-state index in [2.05, 4.69) is 35.4 Å². The van der Waals surface area contributed by atoms with Crippen LogP contribution < -0.4 is 11.3 Å². The zero-order valence-corrected chi connectivity index (χ0v) is 11.8. The number of carbonyl (C=O) groups is 1. The molecule has 102 valence electrons. The van der Waals surface area contributed by atoms with E-state index in [1.54, 1.807) is 10.9 Å². The van der Waals surface area contributed by atoms with Crippen LogP contribution in [0.2, 0.25) is 0 Å². The molecule has 7 nitrogen and oxygen atoms in total. The van der Waals surface area contributed by atoms with Gasteiger partial charge in [-0.05, 0) is 20.2 Å². The zero-order valence-electron chi connectivity index (χ0n) is 11.0. The summed E-state index contributed by atoms with van der Waals surface area (Å²) in [5, 5.41) is 7.63. The molecule has 0 fully saturated rings. The van der Waals surface area contributed by atoms with Crippen LogP contribution in [0.3, 0.4) is 0 Å². The van der Waals surface area contributed by atoms with Crippen LogP contribution in [0.1, 0.15) is 17.4 Å². The molecule has 1 aromatic rings. The minimum Gasteiger partial charge on any atom is -0.301 e. The molecule has 1 amide bonds. The average Bonchev–Trinajstić information content (AvgIpc) is 2.84. The molecule has 0 aliphatic heterocycles. The predicted molar refractivity (Wildman–Crippen MR) is 72.1 cm³/mol. The maximum Gasteiger partial charge on any atom is 0.287 e. The van der Waals surface area contributed by atoms with Gasteiger partial charge >= 0.3 is 0 Å². The number of nitrogen functional groups attached to an aromatic ring is 1. The van der Waals surface area contributed by atoms with E-state index in [1.165, 1.54) is 0 Å². The number of hydrazine groups is 1. The Morgan fingerprint density at radius 2 is 2.44 bits per heavy atom. The van der Waals surface area contributed by atoms with Gasteiger partial charge in [-0.2, -0.15) is 11.8 Å². The molecule has 1 heterocycles. The molecule has 18 heavy (non-hydrogen) atoms. The number of rotatable bonds is 7. The molecule has 0 aromatic carbocycles. The van der Waals surface area contributed by atoms with Gasteiger partial charge in [-0.15, -0.1) is 5.10 Å². The fraction of sp³-hybridized carbons (Fsp3) is 0.700. The van der Waals surface area contributed by atoms with Crippen LogP contribution in [-0.4, -0.2) is 57.4 Å². The quantitative estimate of drug-likeness (QED) is 0.397. The second-order valence-corrected chi connectivity index (χ2v) is 5.04. The van der Waals surface area contributed by atoms with Crippen molar-refractivity contribution in [3.8, 4) is 0 Å². The van der Waals surface area contributed by atoms with Gasteiger partial charge in [0.1, 0.15) is 0 Å². The number of nitrogens with zero attached hydrogens (tertiary/aromatic N) is 4. The van der Waals surface area contributed by atoms with Gasteiger partial charge < -0.3 is 4.90 Å². The largest absolute Gasteiger partial charge is 0.301 e. The SMILES string of the molecule is CSCC(C)N(C)CCn1cc(C(=O)NN)nn1. The molecular formula is C10H20N6OS. The van der Waals surface area contributed by atoms with E-state index in [0.717, 1.165) is 12.3 Å². The molecule has 0 bridgehead atoms. The van der Waals surface area contributed by atoms with Gasteiger partial charge in [-0.1, -0.05) is 5.21 Å². The molecule has 1 atom stereocenters. The van der Waals surface area contributed by atoms with Gasteiger partial charge in [0, 0.05) is 18.3 Å². The molecule has 0 spiro atoms. The van der Waals surface area contributed by atoms with E-state index in [1.807, 2.05) is 17.2 Å². The Morgan fingerprint density at radius 3 is 3.06 bits per heavy atom. The number of hydrogen-bond donors (Lipinski definition) is 2. The maximum absolute atomic E-state index is 11.2. The summed E-state index contributed by atoms with van der Waals surface area (Å²) >= 11 is 1.83. The average molecular weight is 272 g/mol. The summed E-state index contributed by atoms with van der Waals surface area (Å²) < 4.78 is 1.65. The normalized spacial score (nSPS) is 12.7. The lowest BCUT2D eigenvalue weighted by molar-refractivity contribution is 0.0948. The molecule has 0 saturated carbocycles. The number of hydrogen-bond acceptors (Lipinski definition) is 6. The van der Waals surface area contributed by atoms with Gasteiger partial charge in [0.15, 0.2) is 5.69 Å². The van der Waals surface area contributed by atoms with Gasteiger partial charge in [-0.3, -0.25) is 14.9 Å². The van der Waals surface area contributed by atoms with Crippen molar-refractivity contribution in [2.24, 2.45) is 5.84 Å². The van der Waals surface area contributed by atoms with E-state index in [4.69, 9.17) is 5.84 Å². The predicted octanol–water partition coefficient (Wildman–Crippen LogP) is -0.435. The van der Waals surface area contributed by atoms with Crippen LogP contribution in [0.5, 0.6) is 0 Å². The topological polar surface area (TPSA) is 89.1 Å². The van der Waals surface area contributed by atoms with Crippen LogP contribution in [0.25, 0.3) is 0 Å². The summed E-state index contributed by atoms with van der Waals surface area (Å²) in [6.45, 7) is 3.74. The molecule has 0 saturated heterocycles. The fourth-order valence-corrected chi connectivity index (χ4v) is 2.17. The van der Waals surface area contributed by atoms with Crippen molar-refractivity contribution in [1.82, 2.24) is 25.3 Å². The molecule has 8 heteroatoms. The lowest BCUT2D eigenvalue weighted by Gasteiger charge is -2.23. The number of likely N-dealkylation sites (N-methyl/N-ethyl adjacent to an activating group) is 1. The van der Waals surface area contributed by atoms with Gasteiger partial charge in [0.2, 0.25) is 0 Å². The molecule has 1 aromatic heterocycles. The van der Waals surface area contributed by atoms with Gasteiger partial charge in [-0.25, -0.2) is 5.84 Å². The van der Waals surface area contributed by atoms with Crippen molar-refractivity contribution >= 4 is 17.7 Å². The number of aromatic nitrogens is 3. The number of nitrogens with one attached hydrogen (secondary N) is 1. The van der Waals surface area contributed by atoms with Crippen LogP contribution >= 0.6 is 11.8 Å². The lowest BCUT2D eigenvalue weighted by Crippen LogP contribution is -2.33. The third-order valence-electron chi connectivity index (χ3n) is 2.74.